The molecule has 0 aromatic heterocycles. The van der Waals surface area contributed by atoms with E-state index in [-0.39, 0.29) is 0 Å². The van der Waals surface area contributed by atoms with Crippen LogP contribution in [0.2, 0.25) is 15.1 Å². The van der Waals surface area contributed by atoms with E-state index in [0.29, 0.717) is 21.6 Å². The molecule has 0 saturated carbocycles. The summed E-state index contributed by atoms with van der Waals surface area (Å²) in [6.45, 7) is 0.624. The topological polar surface area (TPSA) is 12.0 Å². The van der Waals surface area contributed by atoms with Crippen molar-refractivity contribution < 1.29 is 0 Å². The number of benzene rings is 2. The third kappa shape index (κ3) is 3.33. The van der Waals surface area contributed by atoms with Gasteiger partial charge in [-0.1, -0.05) is 46.9 Å². The summed E-state index contributed by atoms with van der Waals surface area (Å²) in [4.78, 5) is 0. The molecule has 0 spiro atoms. The van der Waals surface area contributed by atoms with Gasteiger partial charge in [-0.25, -0.2) is 0 Å². The van der Waals surface area contributed by atoms with E-state index in [2.05, 4.69) is 21.2 Å². The summed E-state index contributed by atoms with van der Waals surface area (Å²) in [6.07, 6.45) is 0. The van der Waals surface area contributed by atoms with Crippen LogP contribution in [-0.4, -0.2) is 0 Å². The smallest absolute Gasteiger partial charge is 0.0721 e. The van der Waals surface area contributed by atoms with Crippen molar-refractivity contribution in [2.24, 2.45) is 0 Å². The van der Waals surface area contributed by atoms with Gasteiger partial charge in [-0.15, -0.1) is 0 Å². The molecule has 0 aliphatic carbocycles. The maximum atomic E-state index is 6.07. The zero-order chi connectivity index (χ0) is 13.1. The number of rotatable bonds is 3. The third-order valence-corrected chi connectivity index (χ3v) is 4.26. The summed E-state index contributed by atoms with van der Waals surface area (Å²) in [6, 6.07) is 11.2. The lowest BCUT2D eigenvalue weighted by Gasteiger charge is -2.10. The van der Waals surface area contributed by atoms with Crippen LogP contribution in [0.15, 0.2) is 40.9 Å². The standard InChI is InChI=1S/C13H9BrCl3N/c14-9-6-8(4-5-10(9)15)7-18-13-11(16)2-1-3-12(13)17/h1-6,18H,7H2. The van der Waals surface area contributed by atoms with Crippen LogP contribution in [0.4, 0.5) is 5.69 Å². The Morgan fingerprint density at radius 2 is 1.61 bits per heavy atom. The average Bonchev–Trinajstić information content (AvgIpc) is 2.33. The molecule has 0 bridgehead atoms. The van der Waals surface area contributed by atoms with Crippen LogP contribution < -0.4 is 5.32 Å². The minimum atomic E-state index is 0.607. The lowest BCUT2D eigenvalue weighted by atomic mass is 10.2. The predicted octanol–water partition coefficient (Wildman–Crippen LogP) is 6.02. The van der Waals surface area contributed by atoms with Gasteiger partial charge in [0.2, 0.25) is 0 Å². The summed E-state index contributed by atoms with van der Waals surface area (Å²) in [7, 11) is 0. The number of hydrogen-bond acceptors (Lipinski definition) is 1. The van der Waals surface area contributed by atoms with E-state index in [1.807, 2.05) is 24.3 Å². The van der Waals surface area contributed by atoms with Gasteiger partial charge < -0.3 is 5.32 Å². The monoisotopic (exact) mass is 363 g/mol. The van der Waals surface area contributed by atoms with Crippen molar-refractivity contribution in [1.29, 1.82) is 0 Å². The molecule has 1 nitrogen and oxygen atoms in total. The first-order chi connectivity index (χ1) is 8.58. The summed E-state index contributed by atoms with van der Waals surface area (Å²) < 4.78 is 0.869. The van der Waals surface area contributed by atoms with Gasteiger partial charge in [0.15, 0.2) is 0 Å². The Hall–Kier alpha value is -0.410. The molecule has 0 aliphatic rings. The zero-order valence-electron chi connectivity index (χ0n) is 9.18. The van der Waals surface area contributed by atoms with Crippen molar-refractivity contribution in [3.05, 3.63) is 61.5 Å². The third-order valence-electron chi connectivity index (χ3n) is 2.42. The molecule has 18 heavy (non-hydrogen) atoms. The molecular weight excluding hydrogens is 356 g/mol. The number of nitrogens with one attached hydrogen (secondary N) is 1. The Labute approximate surface area is 129 Å². The normalized spacial score (nSPS) is 10.4. The first-order valence-corrected chi connectivity index (χ1v) is 7.12. The van der Waals surface area contributed by atoms with Crippen LogP contribution in [0.1, 0.15) is 5.56 Å². The van der Waals surface area contributed by atoms with E-state index < -0.39 is 0 Å². The average molecular weight is 365 g/mol. The highest BCUT2D eigenvalue weighted by Crippen LogP contribution is 2.30. The lowest BCUT2D eigenvalue weighted by molar-refractivity contribution is 1.15. The number of hydrogen-bond donors (Lipinski definition) is 1. The molecule has 5 heteroatoms. The second-order valence-electron chi connectivity index (χ2n) is 3.70. The molecule has 0 fully saturated rings. The maximum Gasteiger partial charge on any atom is 0.0721 e. The first-order valence-electron chi connectivity index (χ1n) is 5.20. The van der Waals surface area contributed by atoms with Crippen molar-refractivity contribution in [2.45, 2.75) is 6.54 Å². The minimum Gasteiger partial charge on any atom is -0.379 e. The Bertz CT molecular complexity index is 552. The molecule has 94 valence electrons. The minimum absolute atomic E-state index is 0.607. The zero-order valence-corrected chi connectivity index (χ0v) is 13.0. The quantitative estimate of drug-likeness (QED) is 0.701. The van der Waals surface area contributed by atoms with Crippen LogP contribution in [0, 0.1) is 0 Å². The Morgan fingerprint density at radius 3 is 2.22 bits per heavy atom. The Kier molecular flexibility index (Phi) is 4.79. The maximum absolute atomic E-state index is 6.07. The highest BCUT2D eigenvalue weighted by atomic mass is 79.9. The number of para-hydroxylation sites is 1. The Morgan fingerprint density at radius 1 is 0.944 bits per heavy atom. The van der Waals surface area contributed by atoms with Gasteiger partial charge >= 0.3 is 0 Å². The van der Waals surface area contributed by atoms with Crippen LogP contribution >= 0.6 is 50.7 Å². The molecule has 2 aromatic rings. The molecule has 0 amide bonds. The largest absolute Gasteiger partial charge is 0.379 e. The molecule has 1 N–H and O–H groups in total. The fraction of sp³-hybridized carbons (Fsp3) is 0.0769. The molecule has 0 radical (unpaired) electrons. The van der Waals surface area contributed by atoms with E-state index >= 15 is 0 Å². The summed E-state index contributed by atoms with van der Waals surface area (Å²) in [5.41, 5.74) is 1.83. The second-order valence-corrected chi connectivity index (χ2v) is 5.77. The van der Waals surface area contributed by atoms with Crippen LogP contribution in [-0.2, 0) is 6.54 Å². The van der Waals surface area contributed by atoms with Crippen LogP contribution in [0.25, 0.3) is 0 Å². The fourth-order valence-electron chi connectivity index (χ4n) is 1.51. The van der Waals surface area contributed by atoms with E-state index in [1.165, 1.54) is 0 Å². The summed E-state index contributed by atoms with van der Waals surface area (Å²) >= 11 is 21.5. The first kappa shape index (κ1) is 14.0. The van der Waals surface area contributed by atoms with Crippen molar-refractivity contribution in [2.75, 3.05) is 5.32 Å². The highest BCUT2D eigenvalue weighted by Gasteiger charge is 2.05. The number of halogens is 4. The summed E-state index contributed by atoms with van der Waals surface area (Å²) in [5, 5.41) is 5.12. The molecule has 0 saturated heterocycles. The molecule has 2 aromatic carbocycles. The van der Waals surface area contributed by atoms with Gasteiger partial charge in [-0.2, -0.15) is 0 Å². The van der Waals surface area contributed by atoms with Gasteiger partial charge in [-0.3, -0.25) is 0 Å². The van der Waals surface area contributed by atoms with Crippen molar-refractivity contribution in [3.63, 3.8) is 0 Å². The van der Waals surface area contributed by atoms with Gasteiger partial charge in [-0.05, 0) is 45.8 Å². The molecule has 0 aliphatic heterocycles. The Balaban J connectivity index is 2.14. The summed E-state index contributed by atoms with van der Waals surface area (Å²) in [5.74, 6) is 0. The highest BCUT2D eigenvalue weighted by molar-refractivity contribution is 9.10. The van der Waals surface area contributed by atoms with E-state index in [1.54, 1.807) is 12.1 Å². The van der Waals surface area contributed by atoms with Crippen molar-refractivity contribution in [1.82, 2.24) is 0 Å². The number of anilines is 1. The molecule has 0 atom stereocenters. The van der Waals surface area contributed by atoms with E-state index in [0.717, 1.165) is 15.7 Å². The molecular formula is C13H9BrCl3N. The second kappa shape index (κ2) is 6.16. The van der Waals surface area contributed by atoms with Gasteiger partial charge in [0.25, 0.3) is 0 Å². The lowest BCUT2D eigenvalue weighted by Crippen LogP contribution is -2.00. The molecule has 2 rings (SSSR count). The van der Waals surface area contributed by atoms with E-state index in [4.69, 9.17) is 34.8 Å². The van der Waals surface area contributed by atoms with Crippen molar-refractivity contribution in [3.8, 4) is 0 Å². The molecule has 0 unspecified atom stereocenters. The van der Waals surface area contributed by atoms with E-state index in [9.17, 15) is 0 Å². The predicted molar refractivity (Wildman–Crippen MR) is 82.9 cm³/mol. The fourth-order valence-corrected chi connectivity index (χ4v) is 2.58. The van der Waals surface area contributed by atoms with Gasteiger partial charge in [0.05, 0.1) is 20.8 Å². The van der Waals surface area contributed by atoms with Gasteiger partial charge in [0.1, 0.15) is 0 Å². The SMILES string of the molecule is Clc1ccc(CNc2c(Cl)cccc2Cl)cc1Br. The van der Waals surface area contributed by atoms with Crippen LogP contribution in [0.5, 0.6) is 0 Å². The van der Waals surface area contributed by atoms with Crippen molar-refractivity contribution >= 4 is 56.4 Å². The molecule has 0 heterocycles. The van der Waals surface area contributed by atoms with Gasteiger partial charge in [0, 0.05) is 11.0 Å². The van der Waals surface area contributed by atoms with Crippen LogP contribution in [0.3, 0.4) is 0 Å².